The molecule has 1 spiro atoms. The molecule has 7 rings (SSSR count). The highest BCUT2D eigenvalue weighted by Crippen LogP contribution is 2.39. The number of rotatable bonds is 44. The lowest BCUT2D eigenvalue weighted by Crippen LogP contribution is -2.61. The van der Waals surface area contributed by atoms with E-state index < -0.39 is 23.3 Å². The van der Waals surface area contributed by atoms with Crippen molar-refractivity contribution < 1.29 is 85.7 Å². The van der Waals surface area contributed by atoms with Crippen LogP contribution in [0.1, 0.15) is 51.0 Å². The molecule has 3 aliphatic rings. The van der Waals surface area contributed by atoms with Gasteiger partial charge in [-0.1, -0.05) is 48.5 Å². The average Bonchev–Trinajstić information content (AvgIpc) is 2.74. The van der Waals surface area contributed by atoms with Crippen LogP contribution in [-0.2, 0) is 93.9 Å². The fourth-order valence-electron chi connectivity index (χ4n) is 8.32. The van der Waals surface area contributed by atoms with Crippen LogP contribution in [0.25, 0.3) is 22.2 Å². The van der Waals surface area contributed by atoms with Crippen molar-refractivity contribution in [3.63, 3.8) is 0 Å². The third-order valence-electron chi connectivity index (χ3n) is 12.6. The van der Waals surface area contributed by atoms with Crippen molar-refractivity contribution in [1.29, 1.82) is 0 Å². The Balaban J connectivity index is 0.000000272. The molecule has 2 aromatic carbocycles. The van der Waals surface area contributed by atoms with Gasteiger partial charge in [0.05, 0.1) is 177 Å². The third-order valence-corrected chi connectivity index (χ3v) is 12.6. The van der Waals surface area contributed by atoms with Gasteiger partial charge in [0.15, 0.2) is 0 Å². The molecular weight excluding hydrogens is 1090 g/mol. The summed E-state index contributed by atoms with van der Waals surface area (Å²) in [6.07, 6.45) is 5.68. The topological polar surface area (TPSA) is 292 Å². The first kappa shape index (κ1) is 65.9. The third kappa shape index (κ3) is 24.1. The molecule has 1 aliphatic carbocycles. The van der Waals surface area contributed by atoms with E-state index in [-0.39, 0.29) is 50.4 Å². The van der Waals surface area contributed by atoms with Gasteiger partial charge in [0, 0.05) is 49.7 Å². The summed E-state index contributed by atoms with van der Waals surface area (Å²) in [5.41, 5.74) is 2.49. The van der Waals surface area contributed by atoms with E-state index >= 15 is 0 Å². The van der Waals surface area contributed by atoms with Crippen molar-refractivity contribution in [2.45, 2.75) is 70.1 Å². The van der Waals surface area contributed by atoms with E-state index in [1.54, 1.807) is 18.0 Å². The number of anilines is 1. The summed E-state index contributed by atoms with van der Waals surface area (Å²) in [4.78, 5) is 75.2. The minimum atomic E-state index is -0.864. The lowest BCUT2D eigenvalue weighted by molar-refractivity contribution is -0.198. The Kier molecular flexibility index (Phi) is 30.7. The van der Waals surface area contributed by atoms with Crippen LogP contribution in [0.2, 0.25) is 0 Å². The Morgan fingerprint density at radius 3 is 1.71 bits per heavy atom. The number of methoxy groups -OCH3 is 1. The van der Waals surface area contributed by atoms with Crippen LogP contribution in [0.15, 0.2) is 60.9 Å². The van der Waals surface area contributed by atoms with Gasteiger partial charge in [0.1, 0.15) is 11.2 Å². The Morgan fingerprint density at radius 1 is 0.651 bits per heavy atom. The number of hydrogen-bond acceptors (Lipinski definition) is 23. The maximum Gasteiger partial charge on any atom is 0.335 e. The van der Waals surface area contributed by atoms with Crippen molar-refractivity contribution in [2.24, 2.45) is 0 Å². The van der Waals surface area contributed by atoms with Crippen LogP contribution in [0.5, 0.6) is 0 Å². The number of urea groups is 1. The van der Waals surface area contributed by atoms with Crippen LogP contribution < -0.4 is 10.6 Å². The molecule has 83 heavy (non-hydrogen) atoms. The number of hydroxylamine groups is 2. The van der Waals surface area contributed by atoms with Gasteiger partial charge in [-0.05, 0) is 37.0 Å². The number of carbonyl (C=O) groups excluding carboxylic acids is 5. The number of amides is 5. The van der Waals surface area contributed by atoms with Crippen LogP contribution in [-0.4, -0.2) is 235 Å². The molecule has 2 N–H and O–H groups in total. The molecule has 4 aromatic rings. The largest absolute Gasteiger partial charge is 0.382 e. The molecule has 2 aliphatic heterocycles. The van der Waals surface area contributed by atoms with Gasteiger partial charge in [0.2, 0.25) is 5.95 Å². The highest BCUT2D eigenvalue weighted by atomic mass is 16.7. The minimum absolute atomic E-state index is 0.0284. The van der Waals surface area contributed by atoms with Gasteiger partial charge < -0.3 is 72.3 Å². The molecule has 4 heterocycles. The Bertz CT molecular complexity index is 2510. The summed E-state index contributed by atoms with van der Waals surface area (Å²) in [5, 5.41) is 16.2. The lowest BCUT2D eigenvalue weighted by Gasteiger charge is -2.42. The van der Waals surface area contributed by atoms with Crippen LogP contribution in [0.3, 0.4) is 0 Å². The molecule has 5 amide bonds. The number of nitrogens with one attached hydrogen (secondary N) is 2. The number of nitrogens with zero attached hydrogens (tertiary/aromatic N) is 7. The lowest BCUT2D eigenvalue weighted by atomic mass is 9.72. The first-order chi connectivity index (χ1) is 40.7. The van der Waals surface area contributed by atoms with Crippen molar-refractivity contribution in [1.82, 2.24) is 40.2 Å². The number of hydrogen-bond donors (Lipinski definition) is 2. The summed E-state index contributed by atoms with van der Waals surface area (Å²) in [6.45, 7) is 14.1. The van der Waals surface area contributed by atoms with Crippen molar-refractivity contribution in [2.75, 3.05) is 164 Å². The summed E-state index contributed by atoms with van der Waals surface area (Å²) < 4.78 is 66.0. The second-order valence-corrected chi connectivity index (χ2v) is 19.0. The standard InChI is InChI=1S/C32H38N8O5.C24H43NO13/c1-2-11-43-13-15-45-16-14-44-12-10-39-22-28(37-38-39)24-8-9-27-25(17-24)20-33-30(35-27)34-26-18-32(19-26)29(41)40(31(42)36-32)21-23-6-4-3-5-7-23;1-29-6-7-31-10-11-33-14-15-35-18-19-37-21-20-36-17-16-34-13-12-32-9-8-30-5-4-24(28)38-25-22(26)2-3-23(25)27/h3-9,17,20,22,26H,2,10-16,18-19,21H2,1H3,(H,36,42)(H,33,34,35);2-21H2,1H3. The van der Waals surface area contributed by atoms with Gasteiger partial charge >= 0.3 is 12.0 Å². The van der Waals surface area contributed by atoms with E-state index in [2.05, 4.69) is 37.8 Å². The van der Waals surface area contributed by atoms with Crippen LogP contribution in [0.4, 0.5) is 10.7 Å². The second-order valence-electron chi connectivity index (χ2n) is 19.0. The number of carbonyl (C=O) groups is 5. The summed E-state index contributed by atoms with van der Waals surface area (Å²) in [7, 11) is 1.63. The molecule has 27 nitrogen and oxygen atoms in total. The normalized spacial score (nSPS) is 16.7. The molecular formula is C56H81N9O18. The number of imide groups is 2. The minimum Gasteiger partial charge on any atom is -0.382 e. The van der Waals surface area contributed by atoms with E-state index in [1.165, 1.54) is 4.90 Å². The van der Waals surface area contributed by atoms with Crippen molar-refractivity contribution >= 4 is 46.6 Å². The number of fused-ring (bicyclic) bond motifs is 1. The highest BCUT2D eigenvalue weighted by Gasteiger charge is 2.58. The Hall–Kier alpha value is -6.21. The molecule has 0 radical (unpaired) electrons. The number of ether oxygens (including phenoxy) is 12. The van der Waals surface area contributed by atoms with E-state index in [4.69, 9.17) is 61.7 Å². The zero-order chi connectivity index (χ0) is 58.6. The maximum atomic E-state index is 13.1. The van der Waals surface area contributed by atoms with Crippen molar-refractivity contribution in [3.05, 3.63) is 66.5 Å². The Labute approximate surface area is 483 Å². The first-order valence-corrected chi connectivity index (χ1v) is 28.2. The fourth-order valence-corrected chi connectivity index (χ4v) is 8.32. The molecule has 458 valence electrons. The van der Waals surface area contributed by atoms with Gasteiger partial charge in [-0.25, -0.2) is 24.2 Å². The molecule has 0 unspecified atom stereocenters. The van der Waals surface area contributed by atoms with E-state index in [9.17, 15) is 24.0 Å². The smallest absolute Gasteiger partial charge is 0.335 e. The van der Waals surface area contributed by atoms with Crippen molar-refractivity contribution in [3.8, 4) is 11.3 Å². The summed E-state index contributed by atoms with van der Waals surface area (Å²) in [5.74, 6) is -1.41. The van der Waals surface area contributed by atoms with Gasteiger partial charge in [-0.3, -0.25) is 19.3 Å². The SMILES string of the molecule is CCCOCCOCCOCCn1cc(-c2ccc3nc(NC4CC5(C4)NC(=O)N(Cc4ccccc4)C5=O)ncc3c2)nn1.COCCOCCOCCOCCOCCOCCOCCOCCOCCC(=O)ON1C(=O)CCC1=O. The predicted molar refractivity (Wildman–Crippen MR) is 296 cm³/mol. The molecule has 0 bridgehead atoms. The fraction of sp³-hybridized carbons (Fsp3) is 0.625. The van der Waals surface area contributed by atoms with Gasteiger partial charge in [-0.2, -0.15) is 0 Å². The average molecular weight is 1170 g/mol. The Morgan fingerprint density at radius 2 is 1.17 bits per heavy atom. The zero-order valence-electron chi connectivity index (χ0n) is 47.8. The van der Waals surface area contributed by atoms with Crippen LogP contribution >= 0.6 is 0 Å². The molecule has 2 saturated heterocycles. The van der Waals surface area contributed by atoms with Gasteiger partial charge in [-0.15, -0.1) is 10.2 Å². The maximum absolute atomic E-state index is 13.1. The van der Waals surface area contributed by atoms with Gasteiger partial charge in [0.25, 0.3) is 17.7 Å². The second kappa shape index (κ2) is 38.6. The summed E-state index contributed by atoms with van der Waals surface area (Å²) in [6, 6.07) is 15.0. The van der Waals surface area contributed by atoms with E-state index in [0.717, 1.165) is 40.8 Å². The van der Waals surface area contributed by atoms with E-state index in [0.29, 0.717) is 169 Å². The molecule has 0 atom stereocenters. The molecule has 2 aromatic heterocycles. The van der Waals surface area contributed by atoms with Crippen LogP contribution in [0, 0.1) is 0 Å². The summed E-state index contributed by atoms with van der Waals surface area (Å²) >= 11 is 0. The van der Waals surface area contributed by atoms with E-state index in [1.807, 2.05) is 54.7 Å². The highest BCUT2D eigenvalue weighted by molar-refractivity contribution is 6.08. The quantitative estimate of drug-likeness (QED) is 0.0365. The molecule has 3 fully saturated rings. The monoisotopic (exact) mass is 1170 g/mol. The molecule has 1 saturated carbocycles. The number of aromatic nitrogens is 5. The first-order valence-electron chi connectivity index (χ1n) is 28.2. The predicted octanol–water partition coefficient (Wildman–Crippen LogP) is 3.18. The molecule has 27 heteroatoms. The zero-order valence-corrected chi connectivity index (χ0v) is 47.8. The number of benzene rings is 2.